The predicted molar refractivity (Wildman–Crippen MR) is 92.4 cm³/mol. The highest BCUT2D eigenvalue weighted by molar-refractivity contribution is 5.50. The Morgan fingerprint density at radius 1 is 1.08 bits per heavy atom. The zero-order valence-electron chi connectivity index (χ0n) is 13.5. The van der Waals surface area contributed by atoms with Crippen molar-refractivity contribution in [2.75, 3.05) is 11.4 Å². The standard InChI is InChI=1S/C20H21F2NO/c1-14(24)11-18-3-2-10-23(18)17-7-4-15(5-8-17)12-16-6-9-19(21)20(22)13-16/h4-9,13,18,24H,1-3,10-12H2. The van der Waals surface area contributed by atoms with Gasteiger partial charge in [0.1, 0.15) is 0 Å². The maximum atomic E-state index is 13.3. The van der Waals surface area contributed by atoms with E-state index in [-0.39, 0.29) is 5.76 Å². The predicted octanol–water partition coefficient (Wildman–Crippen LogP) is 4.99. The van der Waals surface area contributed by atoms with Crippen LogP contribution in [0.2, 0.25) is 0 Å². The van der Waals surface area contributed by atoms with Gasteiger partial charge in [0.25, 0.3) is 0 Å². The molecule has 4 heteroatoms. The molecule has 1 unspecified atom stereocenters. The van der Waals surface area contributed by atoms with Crippen molar-refractivity contribution in [3.63, 3.8) is 0 Å². The summed E-state index contributed by atoms with van der Waals surface area (Å²) in [5, 5.41) is 9.45. The van der Waals surface area contributed by atoms with E-state index < -0.39 is 11.6 Å². The number of hydrogen-bond acceptors (Lipinski definition) is 2. The molecule has 24 heavy (non-hydrogen) atoms. The number of aliphatic hydroxyl groups excluding tert-OH is 1. The van der Waals surface area contributed by atoms with Crippen LogP contribution in [0.25, 0.3) is 0 Å². The van der Waals surface area contributed by atoms with E-state index in [9.17, 15) is 13.9 Å². The Morgan fingerprint density at radius 3 is 2.46 bits per heavy atom. The van der Waals surface area contributed by atoms with Crippen LogP contribution in [0, 0.1) is 11.6 Å². The molecule has 3 rings (SSSR count). The Morgan fingerprint density at radius 2 is 1.79 bits per heavy atom. The first-order valence-electron chi connectivity index (χ1n) is 8.19. The second-order valence-electron chi connectivity index (χ2n) is 6.35. The highest BCUT2D eigenvalue weighted by Crippen LogP contribution is 2.29. The van der Waals surface area contributed by atoms with Gasteiger partial charge in [-0.3, -0.25) is 0 Å². The first-order chi connectivity index (χ1) is 11.5. The first-order valence-corrected chi connectivity index (χ1v) is 8.19. The molecule has 1 atom stereocenters. The number of anilines is 1. The van der Waals surface area contributed by atoms with E-state index in [2.05, 4.69) is 11.5 Å². The van der Waals surface area contributed by atoms with Crippen LogP contribution in [0.3, 0.4) is 0 Å². The lowest BCUT2D eigenvalue weighted by Gasteiger charge is -2.26. The number of aliphatic hydroxyl groups is 1. The van der Waals surface area contributed by atoms with Crippen LogP contribution in [-0.4, -0.2) is 17.7 Å². The van der Waals surface area contributed by atoms with Gasteiger partial charge >= 0.3 is 0 Å². The van der Waals surface area contributed by atoms with Crippen LogP contribution in [0.4, 0.5) is 14.5 Å². The fourth-order valence-corrected chi connectivity index (χ4v) is 3.35. The Hall–Kier alpha value is -2.36. The van der Waals surface area contributed by atoms with Gasteiger partial charge < -0.3 is 10.0 Å². The van der Waals surface area contributed by atoms with Gasteiger partial charge in [0.2, 0.25) is 0 Å². The zero-order valence-corrected chi connectivity index (χ0v) is 13.5. The van der Waals surface area contributed by atoms with Crippen LogP contribution in [0.1, 0.15) is 30.4 Å². The number of halogens is 2. The molecule has 1 N–H and O–H groups in total. The van der Waals surface area contributed by atoms with Gasteiger partial charge in [-0.2, -0.15) is 0 Å². The van der Waals surface area contributed by atoms with Gasteiger partial charge in [-0.05, 0) is 54.7 Å². The second-order valence-corrected chi connectivity index (χ2v) is 6.35. The third kappa shape index (κ3) is 3.75. The van der Waals surface area contributed by atoms with Crippen molar-refractivity contribution in [3.05, 3.63) is 77.6 Å². The lowest BCUT2D eigenvalue weighted by molar-refractivity contribution is 0.376. The van der Waals surface area contributed by atoms with Crippen LogP contribution in [0.5, 0.6) is 0 Å². The monoisotopic (exact) mass is 329 g/mol. The van der Waals surface area contributed by atoms with Gasteiger partial charge in [0, 0.05) is 24.7 Å². The van der Waals surface area contributed by atoms with Crippen molar-refractivity contribution in [3.8, 4) is 0 Å². The molecule has 0 amide bonds. The summed E-state index contributed by atoms with van der Waals surface area (Å²) in [5.41, 5.74) is 2.91. The van der Waals surface area contributed by atoms with Gasteiger partial charge in [0.05, 0.1) is 5.76 Å². The third-order valence-corrected chi connectivity index (χ3v) is 4.51. The minimum absolute atomic E-state index is 0.224. The summed E-state index contributed by atoms with van der Waals surface area (Å²) in [6.45, 7) is 4.57. The van der Waals surface area contributed by atoms with Crippen LogP contribution in [0.15, 0.2) is 54.8 Å². The smallest absolute Gasteiger partial charge is 0.159 e. The summed E-state index contributed by atoms with van der Waals surface area (Å²) in [7, 11) is 0. The fourth-order valence-electron chi connectivity index (χ4n) is 3.35. The minimum atomic E-state index is -0.820. The van der Waals surface area contributed by atoms with Crippen molar-refractivity contribution < 1.29 is 13.9 Å². The molecule has 0 bridgehead atoms. The molecule has 0 aromatic heterocycles. The quantitative estimate of drug-likeness (QED) is 0.782. The van der Waals surface area contributed by atoms with Crippen LogP contribution in [-0.2, 0) is 6.42 Å². The molecule has 126 valence electrons. The molecular weight excluding hydrogens is 308 g/mol. The maximum absolute atomic E-state index is 13.3. The number of rotatable bonds is 5. The summed E-state index contributed by atoms with van der Waals surface area (Å²) in [4.78, 5) is 2.29. The first kappa shape index (κ1) is 16.5. The molecule has 2 aromatic carbocycles. The summed E-state index contributed by atoms with van der Waals surface area (Å²) >= 11 is 0. The Bertz CT molecular complexity index is 727. The van der Waals surface area contributed by atoms with Crippen molar-refractivity contribution >= 4 is 5.69 Å². The minimum Gasteiger partial charge on any atom is -0.513 e. The molecule has 0 spiro atoms. The molecular formula is C20H21F2NO. The summed E-state index contributed by atoms with van der Waals surface area (Å²) in [6, 6.07) is 12.4. The van der Waals surface area contributed by atoms with E-state index in [1.807, 2.05) is 24.3 Å². The van der Waals surface area contributed by atoms with Gasteiger partial charge in [0.15, 0.2) is 11.6 Å². The third-order valence-electron chi connectivity index (χ3n) is 4.51. The lowest BCUT2D eigenvalue weighted by Crippen LogP contribution is -2.29. The van der Waals surface area contributed by atoms with E-state index in [0.29, 0.717) is 18.9 Å². The van der Waals surface area contributed by atoms with Crippen LogP contribution >= 0.6 is 0 Å². The molecule has 1 saturated heterocycles. The molecule has 2 aromatic rings. The van der Waals surface area contributed by atoms with Crippen LogP contribution < -0.4 is 4.90 Å². The van der Waals surface area contributed by atoms with Gasteiger partial charge in [-0.15, -0.1) is 0 Å². The average molecular weight is 329 g/mol. The Kier molecular flexibility index (Phi) is 4.84. The normalized spacial score (nSPS) is 17.2. The highest BCUT2D eigenvalue weighted by Gasteiger charge is 2.25. The number of benzene rings is 2. The van der Waals surface area contributed by atoms with E-state index in [1.54, 1.807) is 6.07 Å². The van der Waals surface area contributed by atoms with Gasteiger partial charge in [-0.25, -0.2) is 8.78 Å². The molecule has 0 aliphatic carbocycles. The van der Waals surface area contributed by atoms with Crippen molar-refractivity contribution in [2.24, 2.45) is 0 Å². The maximum Gasteiger partial charge on any atom is 0.159 e. The summed E-state index contributed by atoms with van der Waals surface area (Å²) < 4.78 is 26.3. The molecule has 1 aliphatic rings. The molecule has 2 nitrogen and oxygen atoms in total. The average Bonchev–Trinajstić information content (AvgIpc) is 2.99. The SMILES string of the molecule is C=C(O)CC1CCCN1c1ccc(Cc2ccc(F)c(F)c2)cc1. The summed E-state index contributed by atoms with van der Waals surface area (Å²) in [5.74, 6) is -1.41. The fraction of sp³-hybridized carbons (Fsp3) is 0.300. The largest absolute Gasteiger partial charge is 0.513 e. The zero-order chi connectivity index (χ0) is 17.1. The Labute approximate surface area is 141 Å². The summed E-state index contributed by atoms with van der Waals surface area (Å²) in [6.07, 6.45) is 3.32. The topological polar surface area (TPSA) is 23.5 Å². The second kappa shape index (κ2) is 7.04. The number of nitrogens with zero attached hydrogens (tertiary/aromatic N) is 1. The van der Waals surface area contributed by atoms with Crippen molar-refractivity contribution in [2.45, 2.75) is 31.7 Å². The molecule has 1 aliphatic heterocycles. The van der Waals surface area contributed by atoms with Crippen molar-refractivity contribution in [1.82, 2.24) is 0 Å². The molecule has 0 radical (unpaired) electrons. The Balaban J connectivity index is 1.70. The van der Waals surface area contributed by atoms with E-state index in [1.165, 1.54) is 6.07 Å². The lowest BCUT2D eigenvalue weighted by atomic mass is 10.0. The van der Waals surface area contributed by atoms with E-state index in [0.717, 1.165) is 42.3 Å². The highest BCUT2D eigenvalue weighted by atomic mass is 19.2. The van der Waals surface area contributed by atoms with E-state index in [4.69, 9.17) is 0 Å². The van der Waals surface area contributed by atoms with Gasteiger partial charge in [-0.1, -0.05) is 24.8 Å². The number of hydrogen-bond donors (Lipinski definition) is 1. The van der Waals surface area contributed by atoms with E-state index >= 15 is 0 Å². The molecule has 1 fully saturated rings. The molecule has 0 saturated carbocycles. The molecule has 1 heterocycles. The van der Waals surface area contributed by atoms with Crippen molar-refractivity contribution in [1.29, 1.82) is 0 Å².